The van der Waals surface area contributed by atoms with Crippen LogP contribution < -0.4 is 0 Å². The van der Waals surface area contributed by atoms with Crippen LogP contribution in [0.25, 0.3) is 17.1 Å². The molecule has 3 aromatic rings. The van der Waals surface area contributed by atoms with E-state index >= 15 is 0 Å². The van der Waals surface area contributed by atoms with Crippen molar-refractivity contribution in [3.05, 3.63) is 70.5 Å². The van der Waals surface area contributed by atoms with Gasteiger partial charge < -0.3 is 0 Å². The minimum atomic E-state index is -0.399. The summed E-state index contributed by atoms with van der Waals surface area (Å²) in [6.07, 6.45) is 3.42. The van der Waals surface area contributed by atoms with E-state index in [9.17, 15) is 10.1 Å². The first-order valence-corrected chi connectivity index (χ1v) is 6.30. The zero-order valence-electron chi connectivity index (χ0n) is 11.2. The lowest BCUT2D eigenvalue weighted by atomic mass is 10.0. The molecule has 0 aliphatic rings. The van der Waals surface area contributed by atoms with Crippen LogP contribution in [-0.2, 0) is 0 Å². The van der Waals surface area contributed by atoms with Gasteiger partial charge in [0, 0.05) is 18.0 Å². The van der Waals surface area contributed by atoms with Gasteiger partial charge >= 0.3 is 0 Å². The second-order valence-electron chi connectivity index (χ2n) is 4.45. The molecule has 0 aliphatic heterocycles. The van der Waals surface area contributed by atoms with Gasteiger partial charge in [-0.25, -0.2) is 9.67 Å². The molecular formula is C15H11N4O2. The number of hydrogen-bond donors (Lipinski definition) is 0. The maximum absolute atomic E-state index is 11.3. The van der Waals surface area contributed by atoms with Crippen LogP contribution >= 0.6 is 0 Å². The molecule has 1 radical (unpaired) electrons. The molecule has 0 bridgehead atoms. The number of hydrogen-bond acceptors (Lipinski definition) is 4. The van der Waals surface area contributed by atoms with E-state index in [4.69, 9.17) is 0 Å². The summed E-state index contributed by atoms with van der Waals surface area (Å²) in [5, 5.41) is 15.4. The standard InChI is InChI=1S/C15H11N4O2/c1-11-5-2-6-12(15(11)19(20)21)13-7-3-8-14(17-13)18-10-4-9-16-18/h2-4,6-10H,1H3. The molecule has 0 atom stereocenters. The molecule has 6 heteroatoms. The van der Waals surface area contributed by atoms with E-state index in [2.05, 4.69) is 16.1 Å². The van der Waals surface area contributed by atoms with Crippen molar-refractivity contribution in [1.82, 2.24) is 14.8 Å². The third kappa shape index (κ3) is 2.38. The lowest BCUT2D eigenvalue weighted by Crippen LogP contribution is -2.00. The van der Waals surface area contributed by atoms with Gasteiger partial charge in [-0.05, 0) is 37.3 Å². The smallest absolute Gasteiger partial charge is 0.258 e. The summed E-state index contributed by atoms with van der Waals surface area (Å²) in [5.74, 6) is 0.609. The van der Waals surface area contributed by atoms with Crippen molar-refractivity contribution >= 4 is 5.69 Å². The Balaban J connectivity index is 2.16. The predicted octanol–water partition coefficient (Wildman–Crippen LogP) is 2.95. The first-order valence-electron chi connectivity index (χ1n) is 6.30. The number of aryl methyl sites for hydroxylation is 1. The number of nitrogens with zero attached hydrogens (tertiary/aromatic N) is 4. The van der Waals surface area contributed by atoms with Crippen LogP contribution in [0.1, 0.15) is 5.56 Å². The monoisotopic (exact) mass is 279 g/mol. The molecule has 0 saturated carbocycles. The molecule has 0 fully saturated rings. The maximum Gasteiger partial charge on any atom is 0.282 e. The van der Waals surface area contributed by atoms with Gasteiger partial charge in [-0.1, -0.05) is 12.1 Å². The van der Waals surface area contributed by atoms with Crippen molar-refractivity contribution in [3.8, 4) is 17.1 Å². The van der Waals surface area contributed by atoms with E-state index in [1.165, 1.54) is 0 Å². The summed E-state index contributed by atoms with van der Waals surface area (Å²) in [5.41, 5.74) is 1.53. The summed E-state index contributed by atoms with van der Waals surface area (Å²) >= 11 is 0. The third-order valence-corrected chi connectivity index (χ3v) is 3.09. The number of aromatic nitrogens is 3. The van der Waals surface area contributed by atoms with Crippen LogP contribution in [-0.4, -0.2) is 19.7 Å². The van der Waals surface area contributed by atoms with Gasteiger partial charge in [0.1, 0.15) is 0 Å². The van der Waals surface area contributed by atoms with Gasteiger partial charge in [0.15, 0.2) is 5.82 Å². The third-order valence-electron chi connectivity index (χ3n) is 3.09. The van der Waals surface area contributed by atoms with Crippen molar-refractivity contribution in [2.24, 2.45) is 0 Å². The van der Waals surface area contributed by atoms with Crippen LogP contribution in [0.2, 0.25) is 0 Å². The molecule has 2 aromatic heterocycles. The molecule has 6 nitrogen and oxygen atoms in total. The normalized spacial score (nSPS) is 10.5. The summed E-state index contributed by atoms with van der Waals surface area (Å²) in [7, 11) is 0. The molecule has 0 amide bonds. The van der Waals surface area contributed by atoms with Crippen molar-refractivity contribution in [2.75, 3.05) is 0 Å². The van der Waals surface area contributed by atoms with Crippen LogP contribution in [0.15, 0.2) is 48.8 Å². The fourth-order valence-corrected chi connectivity index (χ4v) is 2.15. The molecule has 0 saturated heterocycles. The SMILES string of the molecule is Cc1[c]ccc(-c2cccc(-n3cccn3)n2)c1[N+](=O)[O-]. The quantitative estimate of drug-likeness (QED) is 0.545. The summed E-state index contributed by atoms with van der Waals surface area (Å²) in [6.45, 7) is 1.67. The molecule has 0 spiro atoms. The van der Waals surface area contributed by atoms with Crippen LogP contribution in [0.4, 0.5) is 5.69 Å². The second kappa shape index (κ2) is 5.16. The highest BCUT2D eigenvalue weighted by atomic mass is 16.6. The molecule has 0 aliphatic carbocycles. The van der Waals surface area contributed by atoms with Crippen molar-refractivity contribution < 1.29 is 4.92 Å². The molecule has 103 valence electrons. The van der Waals surface area contributed by atoms with Crippen LogP contribution in [0.5, 0.6) is 0 Å². The summed E-state index contributed by atoms with van der Waals surface area (Å²) in [4.78, 5) is 15.3. The van der Waals surface area contributed by atoms with Crippen molar-refractivity contribution in [3.63, 3.8) is 0 Å². The van der Waals surface area contributed by atoms with Crippen LogP contribution in [0.3, 0.4) is 0 Å². The Kier molecular flexibility index (Phi) is 3.19. The lowest BCUT2D eigenvalue weighted by molar-refractivity contribution is -0.384. The van der Waals surface area contributed by atoms with Gasteiger partial charge in [0.05, 0.1) is 16.2 Å². The molecule has 0 N–H and O–H groups in total. The van der Waals surface area contributed by atoms with Crippen LogP contribution in [0, 0.1) is 23.1 Å². The van der Waals surface area contributed by atoms with E-state index in [0.717, 1.165) is 0 Å². The zero-order valence-corrected chi connectivity index (χ0v) is 11.2. The first-order chi connectivity index (χ1) is 10.2. The van der Waals surface area contributed by atoms with E-state index in [1.807, 2.05) is 0 Å². The Morgan fingerprint density at radius 2 is 2.14 bits per heavy atom. The highest BCUT2D eigenvalue weighted by Crippen LogP contribution is 2.31. The first kappa shape index (κ1) is 13.0. The molecule has 3 rings (SSSR count). The molecule has 2 heterocycles. The Bertz CT molecular complexity index is 797. The lowest BCUT2D eigenvalue weighted by Gasteiger charge is -2.06. The Morgan fingerprint density at radius 3 is 2.86 bits per heavy atom. The number of nitro groups is 1. The average Bonchev–Trinajstić information content (AvgIpc) is 3.01. The molecule has 1 aromatic carbocycles. The predicted molar refractivity (Wildman–Crippen MR) is 77.0 cm³/mol. The van der Waals surface area contributed by atoms with E-state index in [-0.39, 0.29) is 5.69 Å². The summed E-state index contributed by atoms with van der Waals surface area (Å²) < 4.78 is 1.61. The maximum atomic E-state index is 11.3. The van der Waals surface area contributed by atoms with Crippen molar-refractivity contribution in [1.29, 1.82) is 0 Å². The highest BCUT2D eigenvalue weighted by Gasteiger charge is 2.19. The summed E-state index contributed by atoms with van der Waals surface area (Å²) in [6, 6.07) is 13.3. The topological polar surface area (TPSA) is 73.8 Å². The Morgan fingerprint density at radius 1 is 1.29 bits per heavy atom. The average molecular weight is 279 g/mol. The van der Waals surface area contributed by atoms with Gasteiger partial charge in [0.2, 0.25) is 0 Å². The van der Waals surface area contributed by atoms with Gasteiger partial charge in [-0.2, -0.15) is 5.10 Å². The molecule has 0 unspecified atom stereocenters. The Labute approximate surface area is 120 Å². The van der Waals surface area contributed by atoms with Gasteiger partial charge in [-0.3, -0.25) is 10.1 Å². The van der Waals surface area contributed by atoms with Gasteiger partial charge in [-0.15, -0.1) is 0 Å². The number of rotatable bonds is 3. The zero-order chi connectivity index (χ0) is 14.8. The van der Waals surface area contributed by atoms with Gasteiger partial charge in [0.25, 0.3) is 5.69 Å². The van der Waals surface area contributed by atoms with E-state index < -0.39 is 4.92 Å². The second-order valence-corrected chi connectivity index (χ2v) is 4.45. The fraction of sp³-hybridized carbons (Fsp3) is 0.0667. The largest absolute Gasteiger partial charge is 0.282 e. The highest BCUT2D eigenvalue weighted by molar-refractivity contribution is 5.73. The molecule has 21 heavy (non-hydrogen) atoms. The number of pyridine rings is 1. The van der Waals surface area contributed by atoms with Crippen molar-refractivity contribution in [2.45, 2.75) is 6.92 Å². The minimum absolute atomic E-state index is 0.0302. The Hall–Kier alpha value is -3.02. The fourth-order valence-electron chi connectivity index (χ4n) is 2.15. The van der Waals surface area contributed by atoms with E-state index in [0.29, 0.717) is 22.6 Å². The molecular weight excluding hydrogens is 268 g/mol. The van der Waals surface area contributed by atoms with E-state index in [1.54, 1.807) is 60.4 Å². The minimum Gasteiger partial charge on any atom is -0.258 e. The number of nitro benzene ring substituents is 1. The number of benzene rings is 1.